The van der Waals surface area contributed by atoms with Crippen LogP contribution in [-0.2, 0) is 0 Å². The molecule has 3 unspecified atom stereocenters. The minimum atomic E-state index is -0.640. The van der Waals surface area contributed by atoms with Crippen LogP contribution in [-0.4, -0.2) is 17.7 Å². The number of halogens is 2. The fourth-order valence-corrected chi connectivity index (χ4v) is 3.01. The molecule has 0 spiro atoms. The molecule has 0 bridgehead atoms. The Morgan fingerprint density at radius 1 is 1.35 bits per heavy atom. The number of aliphatic hydroxyl groups excluding tert-OH is 1. The molecule has 1 aliphatic rings. The second kappa shape index (κ2) is 5.57. The molecule has 0 amide bonds. The van der Waals surface area contributed by atoms with Crippen molar-refractivity contribution in [2.75, 3.05) is 6.54 Å². The van der Waals surface area contributed by atoms with Gasteiger partial charge in [0.05, 0.1) is 6.10 Å². The SMILES string of the molecule is CC1CCNC(C(O)c2c(Cl)cccc2Cl)C1. The Hall–Kier alpha value is -0.280. The van der Waals surface area contributed by atoms with E-state index in [2.05, 4.69) is 12.2 Å². The third-order valence-electron chi connectivity index (χ3n) is 3.38. The fraction of sp³-hybridized carbons (Fsp3) is 0.538. The fourth-order valence-electron chi connectivity index (χ4n) is 2.38. The lowest BCUT2D eigenvalue weighted by atomic mass is 9.89. The summed E-state index contributed by atoms with van der Waals surface area (Å²) < 4.78 is 0. The van der Waals surface area contributed by atoms with Crippen molar-refractivity contribution in [2.24, 2.45) is 5.92 Å². The van der Waals surface area contributed by atoms with Crippen LogP contribution < -0.4 is 5.32 Å². The molecular weight excluding hydrogens is 257 g/mol. The Labute approximate surface area is 112 Å². The predicted molar refractivity (Wildman–Crippen MR) is 71.6 cm³/mol. The van der Waals surface area contributed by atoms with E-state index in [1.54, 1.807) is 18.2 Å². The summed E-state index contributed by atoms with van der Waals surface area (Å²) in [6.07, 6.45) is 1.46. The van der Waals surface area contributed by atoms with Crippen molar-refractivity contribution >= 4 is 23.2 Å². The van der Waals surface area contributed by atoms with E-state index in [1.165, 1.54) is 0 Å². The van der Waals surface area contributed by atoms with Crippen molar-refractivity contribution in [3.63, 3.8) is 0 Å². The molecule has 2 N–H and O–H groups in total. The number of hydrogen-bond acceptors (Lipinski definition) is 2. The van der Waals surface area contributed by atoms with E-state index in [4.69, 9.17) is 23.2 Å². The first kappa shape index (κ1) is 13.2. The van der Waals surface area contributed by atoms with Gasteiger partial charge in [0.25, 0.3) is 0 Å². The monoisotopic (exact) mass is 273 g/mol. The van der Waals surface area contributed by atoms with Gasteiger partial charge < -0.3 is 10.4 Å². The third-order valence-corrected chi connectivity index (χ3v) is 4.04. The third kappa shape index (κ3) is 2.94. The first-order valence-electron chi connectivity index (χ1n) is 5.95. The first-order valence-corrected chi connectivity index (χ1v) is 6.70. The lowest BCUT2D eigenvalue weighted by molar-refractivity contribution is 0.102. The molecule has 0 aliphatic carbocycles. The molecule has 3 atom stereocenters. The van der Waals surface area contributed by atoms with Gasteiger partial charge >= 0.3 is 0 Å². The molecule has 1 aromatic carbocycles. The molecule has 2 nitrogen and oxygen atoms in total. The Balaban J connectivity index is 2.21. The maximum absolute atomic E-state index is 10.4. The molecule has 1 saturated heterocycles. The average Bonchev–Trinajstić information content (AvgIpc) is 2.28. The van der Waals surface area contributed by atoms with Crippen LogP contribution in [0.3, 0.4) is 0 Å². The molecule has 1 aliphatic heterocycles. The molecule has 17 heavy (non-hydrogen) atoms. The van der Waals surface area contributed by atoms with Crippen molar-refractivity contribution in [2.45, 2.75) is 31.9 Å². The largest absolute Gasteiger partial charge is 0.387 e. The number of rotatable bonds is 2. The van der Waals surface area contributed by atoms with Crippen LogP contribution >= 0.6 is 23.2 Å². The van der Waals surface area contributed by atoms with E-state index in [0.29, 0.717) is 21.5 Å². The Kier molecular flexibility index (Phi) is 4.31. The van der Waals surface area contributed by atoms with Crippen molar-refractivity contribution in [3.05, 3.63) is 33.8 Å². The van der Waals surface area contributed by atoms with E-state index in [0.717, 1.165) is 19.4 Å². The van der Waals surface area contributed by atoms with Crippen molar-refractivity contribution in [3.8, 4) is 0 Å². The maximum Gasteiger partial charge on any atom is 0.0971 e. The normalized spacial score (nSPS) is 26.8. The van der Waals surface area contributed by atoms with E-state index in [1.807, 2.05) is 0 Å². The number of nitrogens with one attached hydrogen (secondary N) is 1. The van der Waals surface area contributed by atoms with Gasteiger partial charge in [0, 0.05) is 21.7 Å². The molecule has 1 fully saturated rings. The van der Waals surface area contributed by atoms with Gasteiger partial charge in [-0.05, 0) is 37.4 Å². The molecule has 94 valence electrons. The topological polar surface area (TPSA) is 32.3 Å². The quantitative estimate of drug-likeness (QED) is 0.866. The van der Waals surface area contributed by atoms with Crippen LogP contribution in [0.1, 0.15) is 31.4 Å². The molecule has 0 radical (unpaired) electrons. The van der Waals surface area contributed by atoms with Crippen LogP contribution in [0.2, 0.25) is 10.0 Å². The summed E-state index contributed by atoms with van der Waals surface area (Å²) in [6.45, 7) is 3.14. The summed E-state index contributed by atoms with van der Waals surface area (Å²) in [5, 5.41) is 14.8. The predicted octanol–water partition coefficient (Wildman–Crippen LogP) is 3.41. The highest BCUT2D eigenvalue weighted by Gasteiger charge is 2.28. The summed E-state index contributed by atoms with van der Waals surface area (Å²) in [5.41, 5.74) is 0.641. The first-order chi connectivity index (χ1) is 8.09. The highest BCUT2D eigenvalue weighted by molar-refractivity contribution is 6.36. The molecule has 0 saturated carbocycles. The highest BCUT2D eigenvalue weighted by atomic mass is 35.5. The van der Waals surface area contributed by atoms with Gasteiger partial charge in [0.15, 0.2) is 0 Å². The zero-order valence-corrected chi connectivity index (χ0v) is 11.3. The van der Waals surface area contributed by atoms with E-state index < -0.39 is 6.10 Å². The van der Waals surface area contributed by atoms with Crippen LogP contribution in [0.15, 0.2) is 18.2 Å². The average molecular weight is 274 g/mol. The van der Waals surface area contributed by atoms with Crippen molar-refractivity contribution in [1.29, 1.82) is 0 Å². The van der Waals surface area contributed by atoms with Gasteiger partial charge in [-0.25, -0.2) is 0 Å². The van der Waals surface area contributed by atoms with Gasteiger partial charge in [-0.3, -0.25) is 0 Å². The minimum absolute atomic E-state index is 0.0381. The standard InChI is InChI=1S/C13H17Cl2NO/c1-8-5-6-16-11(7-8)13(17)12-9(14)3-2-4-10(12)15/h2-4,8,11,13,16-17H,5-7H2,1H3. The minimum Gasteiger partial charge on any atom is -0.387 e. The molecule has 0 aromatic heterocycles. The van der Waals surface area contributed by atoms with Gasteiger partial charge in [0.2, 0.25) is 0 Å². The van der Waals surface area contributed by atoms with Crippen LogP contribution in [0.25, 0.3) is 0 Å². The Morgan fingerprint density at radius 2 is 2.00 bits per heavy atom. The second-order valence-electron chi connectivity index (χ2n) is 4.77. The molecular formula is C13H17Cl2NO. The maximum atomic E-state index is 10.4. The number of aliphatic hydroxyl groups is 1. The Morgan fingerprint density at radius 3 is 2.59 bits per heavy atom. The lowest BCUT2D eigenvalue weighted by Crippen LogP contribution is -2.41. The smallest absolute Gasteiger partial charge is 0.0971 e. The van der Waals surface area contributed by atoms with E-state index in [9.17, 15) is 5.11 Å². The zero-order valence-electron chi connectivity index (χ0n) is 9.79. The number of piperidine rings is 1. The summed E-state index contributed by atoms with van der Waals surface area (Å²) in [6, 6.07) is 5.35. The van der Waals surface area contributed by atoms with Crippen LogP contribution in [0.4, 0.5) is 0 Å². The highest BCUT2D eigenvalue weighted by Crippen LogP contribution is 2.34. The molecule has 1 aromatic rings. The van der Waals surface area contributed by atoms with Gasteiger partial charge in [-0.1, -0.05) is 36.2 Å². The summed E-state index contributed by atoms with van der Waals surface area (Å²) in [5.74, 6) is 0.622. The van der Waals surface area contributed by atoms with Crippen LogP contribution in [0.5, 0.6) is 0 Å². The zero-order chi connectivity index (χ0) is 12.4. The molecule has 2 rings (SSSR count). The van der Waals surface area contributed by atoms with Gasteiger partial charge in [-0.15, -0.1) is 0 Å². The second-order valence-corrected chi connectivity index (χ2v) is 5.58. The van der Waals surface area contributed by atoms with Crippen LogP contribution in [0, 0.1) is 5.92 Å². The number of hydrogen-bond donors (Lipinski definition) is 2. The van der Waals surface area contributed by atoms with Crippen molar-refractivity contribution < 1.29 is 5.11 Å². The van der Waals surface area contributed by atoms with Gasteiger partial charge in [-0.2, -0.15) is 0 Å². The van der Waals surface area contributed by atoms with Crippen molar-refractivity contribution in [1.82, 2.24) is 5.32 Å². The summed E-state index contributed by atoms with van der Waals surface area (Å²) in [4.78, 5) is 0. The summed E-state index contributed by atoms with van der Waals surface area (Å²) >= 11 is 12.2. The number of benzene rings is 1. The Bertz CT molecular complexity index is 377. The molecule has 1 heterocycles. The van der Waals surface area contributed by atoms with E-state index >= 15 is 0 Å². The molecule has 4 heteroatoms. The lowest BCUT2D eigenvalue weighted by Gasteiger charge is -2.32. The van der Waals surface area contributed by atoms with E-state index in [-0.39, 0.29) is 6.04 Å². The van der Waals surface area contributed by atoms with Gasteiger partial charge in [0.1, 0.15) is 0 Å². The summed E-state index contributed by atoms with van der Waals surface area (Å²) in [7, 11) is 0.